The minimum atomic E-state index is -4.53. The molecule has 1 saturated heterocycles. The van der Waals surface area contributed by atoms with Crippen LogP contribution < -0.4 is 10.2 Å². The molecule has 1 heterocycles. The highest BCUT2D eigenvalue weighted by Crippen LogP contribution is 2.37. The third-order valence-electron chi connectivity index (χ3n) is 6.04. The standard InChI is InChI=1S/C25H29F3N2O3/c1-15(2)18-8-11-21(20(14-18)25(26,27)28)29-22-5-4-12-30(24(22)33)19-9-6-17(7-10-19)16(3)13-23(31)32/h6-11,14-16,22,29H,4-5,12-13H2,1-3H3,(H,31,32). The Morgan fingerprint density at radius 1 is 1.12 bits per heavy atom. The molecular formula is C25H29F3N2O3. The first-order valence-corrected chi connectivity index (χ1v) is 11.1. The zero-order chi connectivity index (χ0) is 24.3. The van der Waals surface area contributed by atoms with Crippen LogP contribution in [0.5, 0.6) is 0 Å². The molecule has 33 heavy (non-hydrogen) atoms. The minimum Gasteiger partial charge on any atom is -0.481 e. The second-order valence-electron chi connectivity index (χ2n) is 8.88. The van der Waals surface area contributed by atoms with Crippen molar-refractivity contribution in [2.45, 2.75) is 64.1 Å². The molecule has 0 radical (unpaired) electrons. The van der Waals surface area contributed by atoms with Crippen LogP contribution in [0, 0.1) is 0 Å². The lowest BCUT2D eigenvalue weighted by Crippen LogP contribution is -2.48. The van der Waals surface area contributed by atoms with Crippen LogP contribution in [-0.2, 0) is 15.8 Å². The fraction of sp³-hybridized carbons (Fsp3) is 0.440. The summed E-state index contributed by atoms with van der Waals surface area (Å²) in [5, 5.41) is 11.8. The van der Waals surface area contributed by atoms with Crippen molar-refractivity contribution in [3.8, 4) is 0 Å². The average molecular weight is 463 g/mol. The Morgan fingerprint density at radius 2 is 1.76 bits per heavy atom. The lowest BCUT2D eigenvalue weighted by Gasteiger charge is -2.34. The number of amides is 1. The summed E-state index contributed by atoms with van der Waals surface area (Å²) in [4.78, 5) is 25.6. The number of benzene rings is 2. The molecule has 0 aromatic heterocycles. The van der Waals surface area contributed by atoms with Gasteiger partial charge in [-0.25, -0.2) is 0 Å². The predicted molar refractivity (Wildman–Crippen MR) is 122 cm³/mol. The Kier molecular flexibility index (Phi) is 7.34. The third-order valence-corrected chi connectivity index (χ3v) is 6.04. The van der Waals surface area contributed by atoms with Gasteiger partial charge in [0.2, 0.25) is 5.91 Å². The number of alkyl halides is 3. The highest BCUT2D eigenvalue weighted by atomic mass is 19.4. The van der Waals surface area contributed by atoms with Crippen LogP contribution in [0.25, 0.3) is 0 Å². The van der Waals surface area contributed by atoms with E-state index in [-0.39, 0.29) is 29.9 Å². The van der Waals surface area contributed by atoms with Gasteiger partial charge in [-0.05, 0) is 60.1 Å². The van der Waals surface area contributed by atoms with Crippen LogP contribution in [0.3, 0.4) is 0 Å². The van der Waals surface area contributed by atoms with Crippen molar-refractivity contribution in [1.82, 2.24) is 0 Å². The van der Waals surface area contributed by atoms with Gasteiger partial charge in [0.25, 0.3) is 0 Å². The SMILES string of the molecule is CC(C)c1ccc(NC2CCCN(c3ccc(C(C)CC(=O)O)cc3)C2=O)c(C(F)(F)F)c1. The van der Waals surface area contributed by atoms with Gasteiger partial charge in [0.1, 0.15) is 6.04 Å². The van der Waals surface area contributed by atoms with Gasteiger partial charge in [0, 0.05) is 17.9 Å². The fourth-order valence-corrected chi connectivity index (χ4v) is 4.10. The number of hydrogen-bond donors (Lipinski definition) is 2. The van der Waals surface area contributed by atoms with E-state index in [1.807, 2.05) is 20.8 Å². The van der Waals surface area contributed by atoms with Crippen LogP contribution in [0.15, 0.2) is 42.5 Å². The largest absolute Gasteiger partial charge is 0.481 e. The number of carboxylic acid groups (broad SMARTS) is 1. The Hall–Kier alpha value is -3.03. The van der Waals surface area contributed by atoms with Crippen LogP contribution in [0.4, 0.5) is 24.5 Å². The first-order valence-electron chi connectivity index (χ1n) is 11.1. The van der Waals surface area contributed by atoms with Gasteiger partial charge in [-0.2, -0.15) is 13.2 Å². The van der Waals surface area contributed by atoms with Crippen molar-refractivity contribution in [2.75, 3.05) is 16.8 Å². The zero-order valence-corrected chi connectivity index (χ0v) is 18.9. The van der Waals surface area contributed by atoms with Crippen molar-refractivity contribution in [3.63, 3.8) is 0 Å². The van der Waals surface area contributed by atoms with Gasteiger partial charge in [0.05, 0.1) is 12.0 Å². The van der Waals surface area contributed by atoms with Gasteiger partial charge in [-0.3, -0.25) is 9.59 Å². The minimum absolute atomic E-state index is 0.00508. The first-order chi connectivity index (χ1) is 15.5. The molecule has 2 unspecified atom stereocenters. The van der Waals surface area contributed by atoms with Crippen LogP contribution >= 0.6 is 0 Å². The lowest BCUT2D eigenvalue weighted by molar-refractivity contribution is -0.138. The third kappa shape index (κ3) is 5.86. The van der Waals surface area contributed by atoms with Crippen molar-refractivity contribution >= 4 is 23.3 Å². The monoisotopic (exact) mass is 462 g/mol. The van der Waals surface area contributed by atoms with E-state index in [0.29, 0.717) is 30.6 Å². The molecule has 2 aromatic carbocycles. The quantitative estimate of drug-likeness (QED) is 0.528. The summed E-state index contributed by atoms with van der Waals surface area (Å²) in [6.45, 7) is 5.95. The van der Waals surface area contributed by atoms with Crippen LogP contribution in [0.1, 0.15) is 68.6 Å². The van der Waals surface area contributed by atoms with Gasteiger partial charge in [-0.15, -0.1) is 0 Å². The van der Waals surface area contributed by atoms with Gasteiger partial charge in [0.15, 0.2) is 0 Å². The van der Waals surface area contributed by atoms with Crippen molar-refractivity contribution in [1.29, 1.82) is 0 Å². The Balaban J connectivity index is 1.80. The average Bonchev–Trinajstić information content (AvgIpc) is 2.74. The number of carbonyl (C=O) groups excluding carboxylic acids is 1. The summed E-state index contributed by atoms with van der Waals surface area (Å²) >= 11 is 0. The van der Waals surface area contributed by atoms with E-state index in [4.69, 9.17) is 5.11 Å². The molecule has 5 nitrogen and oxygen atoms in total. The molecule has 0 bridgehead atoms. The molecule has 1 aliphatic heterocycles. The number of carboxylic acids is 1. The van der Waals surface area contributed by atoms with Gasteiger partial charge in [-0.1, -0.05) is 39.0 Å². The predicted octanol–water partition coefficient (Wildman–Crippen LogP) is 6.01. The maximum absolute atomic E-state index is 13.7. The summed E-state index contributed by atoms with van der Waals surface area (Å²) < 4.78 is 41.1. The van der Waals surface area contributed by atoms with Gasteiger partial charge >= 0.3 is 12.1 Å². The van der Waals surface area contributed by atoms with Crippen molar-refractivity contribution in [3.05, 3.63) is 59.2 Å². The normalized spacial score (nSPS) is 17.8. The summed E-state index contributed by atoms with van der Waals surface area (Å²) in [6, 6.07) is 10.5. The number of nitrogens with one attached hydrogen (secondary N) is 1. The Labute approximate surface area is 191 Å². The topological polar surface area (TPSA) is 69.6 Å². The molecular weight excluding hydrogens is 433 g/mol. The molecule has 178 valence electrons. The molecule has 2 N–H and O–H groups in total. The number of nitrogens with zero attached hydrogens (tertiary/aromatic N) is 1. The second kappa shape index (κ2) is 9.85. The van der Waals surface area contributed by atoms with E-state index < -0.39 is 23.8 Å². The van der Waals surface area contributed by atoms with E-state index in [0.717, 1.165) is 11.6 Å². The highest BCUT2D eigenvalue weighted by molar-refractivity contribution is 5.99. The number of aliphatic carboxylic acids is 1. The molecule has 0 saturated carbocycles. The molecule has 2 aromatic rings. The maximum atomic E-state index is 13.7. The van der Waals surface area contributed by atoms with E-state index >= 15 is 0 Å². The molecule has 3 rings (SSSR count). The molecule has 0 aliphatic carbocycles. The number of piperidine rings is 1. The van der Waals surface area contributed by atoms with Crippen molar-refractivity contribution in [2.24, 2.45) is 0 Å². The summed E-state index contributed by atoms with van der Waals surface area (Å²) in [6.07, 6.45) is -3.45. The lowest BCUT2D eigenvalue weighted by atomic mass is 9.96. The fourth-order valence-electron chi connectivity index (χ4n) is 4.10. The van der Waals surface area contributed by atoms with E-state index in [9.17, 15) is 22.8 Å². The van der Waals surface area contributed by atoms with Gasteiger partial charge < -0.3 is 15.3 Å². The van der Waals surface area contributed by atoms with Crippen LogP contribution in [-0.4, -0.2) is 29.6 Å². The van der Waals surface area contributed by atoms with Crippen LogP contribution in [0.2, 0.25) is 0 Å². The van der Waals surface area contributed by atoms with E-state index in [2.05, 4.69) is 5.32 Å². The smallest absolute Gasteiger partial charge is 0.418 e. The maximum Gasteiger partial charge on any atom is 0.418 e. The molecule has 8 heteroatoms. The summed E-state index contributed by atoms with van der Waals surface area (Å²) in [7, 11) is 0. The molecule has 1 aliphatic rings. The van der Waals surface area contributed by atoms with E-state index in [1.165, 1.54) is 6.07 Å². The summed E-state index contributed by atoms with van der Waals surface area (Å²) in [5.74, 6) is -1.38. The highest BCUT2D eigenvalue weighted by Gasteiger charge is 2.36. The zero-order valence-electron chi connectivity index (χ0n) is 18.9. The second-order valence-corrected chi connectivity index (χ2v) is 8.88. The Bertz CT molecular complexity index is 1000. The van der Waals surface area contributed by atoms with E-state index in [1.54, 1.807) is 35.2 Å². The number of rotatable bonds is 7. The Morgan fingerprint density at radius 3 is 2.33 bits per heavy atom. The molecule has 1 fully saturated rings. The molecule has 2 atom stereocenters. The number of carbonyl (C=O) groups is 2. The number of halogens is 3. The molecule has 0 spiro atoms. The summed E-state index contributed by atoms with van der Waals surface area (Å²) in [5.41, 5.74) is 1.21. The number of hydrogen-bond acceptors (Lipinski definition) is 3. The number of anilines is 2. The van der Waals surface area contributed by atoms with Crippen molar-refractivity contribution < 1.29 is 27.9 Å². The molecule has 1 amide bonds. The first kappa shape index (κ1) is 24.6.